The Morgan fingerprint density at radius 1 is 1.04 bits per heavy atom. The first-order valence-electron chi connectivity index (χ1n) is 9.64. The molecule has 28 heavy (non-hydrogen) atoms. The molecule has 0 aromatic carbocycles. The maximum atomic E-state index is 12.9. The number of alkyl halides is 3. The Bertz CT molecular complexity index is 857. The minimum atomic E-state index is -4.47. The van der Waals surface area contributed by atoms with Gasteiger partial charge in [-0.3, -0.25) is 0 Å². The molecule has 0 radical (unpaired) electrons. The summed E-state index contributed by atoms with van der Waals surface area (Å²) in [6.07, 6.45) is -0.158. The van der Waals surface area contributed by atoms with Crippen molar-refractivity contribution in [2.45, 2.75) is 45.2 Å². The zero-order chi connectivity index (χ0) is 19.9. The van der Waals surface area contributed by atoms with Crippen LogP contribution in [-0.2, 0) is 12.6 Å². The molecular formula is C19H23F3N6. The van der Waals surface area contributed by atoms with Crippen LogP contribution in [-0.4, -0.2) is 46.1 Å². The predicted octanol–water partition coefficient (Wildman–Crippen LogP) is 3.36. The quantitative estimate of drug-likeness (QED) is 0.795. The Labute approximate surface area is 161 Å². The minimum absolute atomic E-state index is 0.128. The summed E-state index contributed by atoms with van der Waals surface area (Å²) in [5.74, 6) is 2.50. The van der Waals surface area contributed by atoms with Crippen LogP contribution in [0.1, 0.15) is 48.5 Å². The first-order valence-corrected chi connectivity index (χ1v) is 9.64. The summed E-state index contributed by atoms with van der Waals surface area (Å²) in [5, 5.41) is 0. The summed E-state index contributed by atoms with van der Waals surface area (Å²) in [6.45, 7) is 6.54. The summed E-state index contributed by atoms with van der Waals surface area (Å²) < 4.78 is 38.7. The normalized spacial score (nSPS) is 17.9. The highest BCUT2D eigenvalue weighted by Crippen LogP contribution is 2.39. The van der Waals surface area contributed by atoms with Gasteiger partial charge in [-0.2, -0.15) is 13.2 Å². The highest BCUT2D eigenvalue weighted by Gasteiger charge is 2.34. The molecule has 2 aliphatic rings. The molecule has 150 valence electrons. The number of hydrogen-bond acceptors (Lipinski definition) is 6. The highest BCUT2D eigenvalue weighted by atomic mass is 19.4. The van der Waals surface area contributed by atoms with E-state index in [9.17, 15) is 13.2 Å². The molecule has 1 aliphatic heterocycles. The van der Waals surface area contributed by atoms with Crippen molar-refractivity contribution >= 4 is 11.8 Å². The molecule has 2 aromatic heterocycles. The second kappa shape index (κ2) is 7.18. The second-order valence-corrected chi connectivity index (χ2v) is 7.31. The lowest BCUT2D eigenvalue weighted by atomic mass is 10.1. The third kappa shape index (κ3) is 3.74. The van der Waals surface area contributed by atoms with E-state index >= 15 is 0 Å². The van der Waals surface area contributed by atoms with E-state index in [0.717, 1.165) is 48.2 Å². The van der Waals surface area contributed by atoms with Crippen LogP contribution in [0.15, 0.2) is 12.3 Å². The zero-order valence-corrected chi connectivity index (χ0v) is 16.0. The fourth-order valence-corrected chi connectivity index (χ4v) is 3.58. The molecule has 3 heterocycles. The molecule has 1 saturated heterocycles. The maximum Gasteiger partial charge on any atom is 0.433 e. The van der Waals surface area contributed by atoms with Crippen LogP contribution in [0.4, 0.5) is 24.9 Å². The van der Waals surface area contributed by atoms with Crippen molar-refractivity contribution in [3.8, 4) is 0 Å². The van der Waals surface area contributed by atoms with Crippen LogP contribution < -0.4 is 9.80 Å². The Kier molecular flexibility index (Phi) is 4.84. The largest absolute Gasteiger partial charge is 0.433 e. The molecule has 0 bridgehead atoms. The lowest BCUT2D eigenvalue weighted by molar-refractivity contribution is -0.141. The number of hydrogen-bond donors (Lipinski definition) is 0. The van der Waals surface area contributed by atoms with Crippen LogP contribution >= 0.6 is 0 Å². The van der Waals surface area contributed by atoms with Gasteiger partial charge in [-0.1, -0.05) is 6.92 Å². The van der Waals surface area contributed by atoms with E-state index in [4.69, 9.17) is 4.98 Å². The number of piperazine rings is 1. The van der Waals surface area contributed by atoms with Crippen molar-refractivity contribution in [3.63, 3.8) is 0 Å². The Morgan fingerprint density at radius 3 is 2.32 bits per heavy atom. The maximum absolute atomic E-state index is 12.9. The van der Waals surface area contributed by atoms with E-state index in [1.54, 1.807) is 4.90 Å². The number of rotatable bonds is 4. The number of anilines is 2. The van der Waals surface area contributed by atoms with Crippen molar-refractivity contribution in [2.75, 3.05) is 36.0 Å². The van der Waals surface area contributed by atoms with E-state index in [0.29, 0.717) is 32.1 Å². The van der Waals surface area contributed by atoms with E-state index < -0.39 is 11.9 Å². The van der Waals surface area contributed by atoms with Gasteiger partial charge in [0.1, 0.15) is 17.3 Å². The van der Waals surface area contributed by atoms with E-state index in [1.807, 2.05) is 6.92 Å². The number of aromatic nitrogens is 4. The average Bonchev–Trinajstić information content (AvgIpc) is 3.52. The van der Waals surface area contributed by atoms with Crippen LogP contribution in [0.2, 0.25) is 0 Å². The van der Waals surface area contributed by atoms with Gasteiger partial charge in [-0.25, -0.2) is 19.9 Å². The van der Waals surface area contributed by atoms with Crippen LogP contribution in [0, 0.1) is 6.92 Å². The van der Waals surface area contributed by atoms with Gasteiger partial charge in [-0.05, 0) is 32.3 Å². The molecule has 2 aromatic rings. The second-order valence-electron chi connectivity index (χ2n) is 7.31. The molecule has 2 fully saturated rings. The van der Waals surface area contributed by atoms with Gasteiger partial charge in [-0.15, -0.1) is 0 Å². The molecule has 0 amide bonds. The summed E-state index contributed by atoms with van der Waals surface area (Å²) >= 11 is 0. The lowest BCUT2D eigenvalue weighted by Crippen LogP contribution is -2.48. The summed E-state index contributed by atoms with van der Waals surface area (Å²) in [7, 11) is 0. The van der Waals surface area contributed by atoms with Crippen LogP contribution in [0.3, 0.4) is 0 Å². The van der Waals surface area contributed by atoms with Crippen molar-refractivity contribution in [1.29, 1.82) is 0 Å². The third-order valence-electron chi connectivity index (χ3n) is 5.30. The fraction of sp³-hybridized carbons (Fsp3) is 0.579. The SMILES string of the molecule is CCc1c(C)nc(C2CC2)nc1N1CCN(c2nccc(C(F)(F)F)n2)CC1. The highest BCUT2D eigenvalue weighted by molar-refractivity contribution is 5.51. The van der Waals surface area contributed by atoms with Gasteiger partial charge in [0.2, 0.25) is 5.95 Å². The van der Waals surface area contributed by atoms with E-state index in [2.05, 4.69) is 26.8 Å². The number of halogens is 3. The zero-order valence-electron chi connectivity index (χ0n) is 16.0. The molecular weight excluding hydrogens is 369 g/mol. The molecule has 6 nitrogen and oxygen atoms in total. The molecule has 4 rings (SSSR count). The van der Waals surface area contributed by atoms with Crippen molar-refractivity contribution < 1.29 is 13.2 Å². The predicted molar refractivity (Wildman–Crippen MR) is 99.6 cm³/mol. The molecule has 0 N–H and O–H groups in total. The smallest absolute Gasteiger partial charge is 0.353 e. The lowest BCUT2D eigenvalue weighted by Gasteiger charge is -2.36. The Morgan fingerprint density at radius 2 is 1.71 bits per heavy atom. The molecule has 0 spiro atoms. The standard InChI is InChI=1S/C19H23F3N6/c1-3-14-12(2)24-16(13-4-5-13)26-17(14)27-8-10-28(11-9-27)18-23-7-6-15(25-18)19(20,21)22/h6-7,13H,3-5,8-11H2,1-2H3. The van der Waals surface area contributed by atoms with Gasteiger partial charge in [0.25, 0.3) is 0 Å². The fourth-order valence-electron chi connectivity index (χ4n) is 3.58. The van der Waals surface area contributed by atoms with Gasteiger partial charge >= 0.3 is 6.18 Å². The summed E-state index contributed by atoms with van der Waals surface area (Å²) in [4.78, 5) is 21.3. The van der Waals surface area contributed by atoms with Crippen LogP contribution in [0.25, 0.3) is 0 Å². The van der Waals surface area contributed by atoms with Gasteiger partial charge in [0, 0.05) is 49.6 Å². The summed E-state index contributed by atoms with van der Waals surface area (Å²) in [6, 6.07) is 0.899. The molecule has 0 unspecified atom stereocenters. The van der Waals surface area contributed by atoms with Crippen molar-refractivity contribution in [3.05, 3.63) is 35.0 Å². The monoisotopic (exact) mass is 392 g/mol. The summed E-state index contributed by atoms with van der Waals surface area (Å²) in [5.41, 5.74) is 1.26. The molecule has 0 atom stereocenters. The Hall–Kier alpha value is -2.45. The van der Waals surface area contributed by atoms with Gasteiger partial charge in [0.05, 0.1) is 0 Å². The van der Waals surface area contributed by atoms with Gasteiger partial charge < -0.3 is 9.80 Å². The minimum Gasteiger partial charge on any atom is -0.353 e. The van der Waals surface area contributed by atoms with Gasteiger partial charge in [0.15, 0.2) is 0 Å². The van der Waals surface area contributed by atoms with Crippen LogP contribution in [0.5, 0.6) is 0 Å². The third-order valence-corrected chi connectivity index (χ3v) is 5.30. The molecule has 1 saturated carbocycles. The topological polar surface area (TPSA) is 58.0 Å². The van der Waals surface area contributed by atoms with E-state index in [-0.39, 0.29) is 5.95 Å². The van der Waals surface area contributed by atoms with Crippen molar-refractivity contribution in [1.82, 2.24) is 19.9 Å². The first-order chi connectivity index (χ1) is 13.4. The number of aryl methyl sites for hydroxylation is 1. The average molecular weight is 392 g/mol. The first kappa shape index (κ1) is 18.9. The number of nitrogens with zero attached hydrogens (tertiary/aromatic N) is 6. The molecule has 9 heteroatoms. The van der Waals surface area contributed by atoms with E-state index in [1.165, 1.54) is 6.20 Å². The molecule has 1 aliphatic carbocycles. The van der Waals surface area contributed by atoms with Crippen molar-refractivity contribution in [2.24, 2.45) is 0 Å². The Balaban J connectivity index is 1.52.